The Morgan fingerprint density at radius 1 is 1.35 bits per heavy atom. The number of benzene rings is 1. The van der Waals surface area contributed by atoms with E-state index in [1.54, 1.807) is 0 Å². The van der Waals surface area contributed by atoms with E-state index in [2.05, 4.69) is 10.3 Å². The molecule has 1 unspecified atom stereocenters. The quantitative estimate of drug-likeness (QED) is 0.428. The molecule has 4 nitrogen and oxygen atoms in total. The van der Waals surface area contributed by atoms with Gasteiger partial charge in [0.25, 0.3) is 0 Å². The molecule has 1 atom stereocenters. The number of hydrogen-bond acceptors (Lipinski definition) is 2. The molecule has 3 N–H and O–H groups in total. The van der Waals surface area contributed by atoms with Crippen LogP contribution in [0.1, 0.15) is 12.0 Å². The molecule has 130 valence electrons. The zero-order valence-corrected chi connectivity index (χ0v) is 15.3. The first kappa shape index (κ1) is 20.0. The maximum absolute atomic E-state index is 12.3. The topological polar surface area (TPSA) is 53.6 Å². The van der Waals surface area contributed by atoms with E-state index in [9.17, 15) is 13.2 Å². The van der Waals surface area contributed by atoms with Crippen LogP contribution in [0, 0.1) is 12.8 Å². The van der Waals surface area contributed by atoms with Crippen LogP contribution in [-0.2, 0) is 0 Å². The first-order chi connectivity index (χ1) is 10.3. The van der Waals surface area contributed by atoms with E-state index in [1.807, 2.05) is 31.2 Å². The molecule has 0 radical (unpaired) electrons. The van der Waals surface area contributed by atoms with Crippen LogP contribution in [0.4, 0.5) is 18.9 Å². The van der Waals surface area contributed by atoms with Crippen LogP contribution in [0.15, 0.2) is 29.3 Å². The lowest BCUT2D eigenvalue weighted by molar-refractivity contribution is -0.143. The van der Waals surface area contributed by atoms with E-state index in [0.717, 1.165) is 17.7 Å². The summed E-state index contributed by atoms with van der Waals surface area (Å²) in [6.45, 7) is 2.48. The van der Waals surface area contributed by atoms with Crippen molar-refractivity contribution in [3.63, 3.8) is 0 Å². The number of halogens is 4. The maximum Gasteiger partial charge on any atom is 0.401 e. The number of anilines is 1. The van der Waals surface area contributed by atoms with Gasteiger partial charge in [-0.1, -0.05) is 17.7 Å². The SMILES string of the molecule is Cc1ccc(NC(N)=NCC2CCN(CC(F)(F)F)C2)cc1.I. The fraction of sp³-hybridized carbons (Fsp3) is 0.533. The van der Waals surface area contributed by atoms with Crippen molar-refractivity contribution in [2.45, 2.75) is 19.5 Å². The number of guanidine groups is 1. The second-order valence-corrected chi connectivity index (χ2v) is 5.72. The van der Waals surface area contributed by atoms with E-state index in [0.29, 0.717) is 19.6 Å². The molecule has 1 saturated heterocycles. The third kappa shape index (κ3) is 7.38. The Morgan fingerprint density at radius 2 is 2.00 bits per heavy atom. The molecular weight excluding hydrogens is 420 g/mol. The maximum atomic E-state index is 12.3. The number of nitrogens with one attached hydrogen (secondary N) is 1. The Bertz CT molecular complexity index is 516. The van der Waals surface area contributed by atoms with Gasteiger partial charge in [-0.05, 0) is 37.9 Å². The van der Waals surface area contributed by atoms with Crippen molar-refractivity contribution >= 4 is 35.6 Å². The number of hydrogen-bond donors (Lipinski definition) is 2. The smallest absolute Gasteiger partial charge is 0.370 e. The fourth-order valence-corrected chi connectivity index (χ4v) is 2.51. The number of likely N-dealkylation sites (tertiary alicyclic amines) is 1. The van der Waals surface area contributed by atoms with E-state index in [4.69, 9.17) is 5.73 Å². The normalized spacial score (nSPS) is 19.5. The minimum Gasteiger partial charge on any atom is -0.370 e. The van der Waals surface area contributed by atoms with Crippen molar-refractivity contribution in [3.8, 4) is 0 Å². The van der Waals surface area contributed by atoms with E-state index < -0.39 is 12.7 Å². The Hall–Kier alpha value is -1.03. The Morgan fingerprint density at radius 3 is 2.61 bits per heavy atom. The molecule has 0 aromatic heterocycles. The zero-order chi connectivity index (χ0) is 16.2. The minimum absolute atomic E-state index is 0. The average Bonchev–Trinajstić information content (AvgIpc) is 2.84. The number of aryl methyl sites for hydroxylation is 1. The highest BCUT2D eigenvalue weighted by Crippen LogP contribution is 2.22. The van der Waals surface area contributed by atoms with Crippen LogP contribution >= 0.6 is 24.0 Å². The van der Waals surface area contributed by atoms with Gasteiger partial charge < -0.3 is 11.1 Å². The fourth-order valence-electron chi connectivity index (χ4n) is 2.51. The van der Waals surface area contributed by atoms with Crippen molar-refractivity contribution in [1.82, 2.24) is 4.90 Å². The largest absolute Gasteiger partial charge is 0.401 e. The minimum atomic E-state index is -4.13. The Balaban J connectivity index is 0.00000264. The van der Waals surface area contributed by atoms with Gasteiger partial charge in [0.1, 0.15) is 0 Å². The third-order valence-corrected chi connectivity index (χ3v) is 3.62. The van der Waals surface area contributed by atoms with Gasteiger partial charge in [0, 0.05) is 18.8 Å². The van der Waals surface area contributed by atoms with Gasteiger partial charge in [-0.3, -0.25) is 9.89 Å². The molecular formula is C15H22F3IN4. The summed E-state index contributed by atoms with van der Waals surface area (Å²) in [6, 6.07) is 7.72. The van der Waals surface area contributed by atoms with Crippen molar-refractivity contribution in [2.24, 2.45) is 16.6 Å². The number of nitrogens with zero attached hydrogens (tertiary/aromatic N) is 2. The Labute approximate surface area is 151 Å². The van der Waals surface area contributed by atoms with Gasteiger partial charge in [-0.25, -0.2) is 0 Å². The first-order valence-electron chi connectivity index (χ1n) is 7.24. The molecule has 0 spiro atoms. The summed E-state index contributed by atoms with van der Waals surface area (Å²) in [7, 11) is 0. The molecule has 8 heteroatoms. The predicted octanol–water partition coefficient (Wildman–Crippen LogP) is 3.22. The van der Waals surface area contributed by atoms with Gasteiger partial charge in [-0.2, -0.15) is 13.2 Å². The number of rotatable bonds is 4. The molecule has 1 aliphatic rings. The third-order valence-electron chi connectivity index (χ3n) is 3.62. The predicted molar refractivity (Wildman–Crippen MR) is 97.3 cm³/mol. The average molecular weight is 442 g/mol. The number of alkyl halides is 3. The lowest BCUT2D eigenvalue weighted by atomic mass is 10.1. The molecule has 1 aromatic carbocycles. The number of aliphatic imine (C=N–C) groups is 1. The molecule has 0 aliphatic carbocycles. The molecule has 0 bridgehead atoms. The van der Waals surface area contributed by atoms with Crippen molar-refractivity contribution < 1.29 is 13.2 Å². The van der Waals surface area contributed by atoms with Gasteiger partial charge >= 0.3 is 6.18 Å². The summed E-state index contributed by atoms with van der Waals surface area (Å²) in [5.41, 5.74) is 7.80. The van der Waals surface area contributed by atoms with Crippen molar-refractivity contribution in [2.75, 3.05) is 31.5 Å². The molecule has 2 rings (SSSR count). The molecule has 1 aromatic rings. The second-order valence-electron chi connectivity index (χ2n) is 5.72. The van der Waals surface area contributed by atoms with Crippen LogP contribution in [-0.4, -0.2) is 43.2 Å². The monoisotopic (exact) mass is 442 g/mol. The van der Waals surface area contributed by atoms with Crippen molar-refractivity contribution in [3.05, 3.63) is 29.8 Å². The van der Waals surface area contributed by atoms with E-state index in [1.165, 1.54) is 4.90 Å². The van der Waals surface area contributed by atoms with Gasteiger partial charge in [0.15, 0.2) is 5.96 Å². The summed E-state index contributed by atoms with van der Waals surface area (Å²) in [6.07, 6.45) is -3.42. The standard InChI is InChI=1S/C15H21F3N4.HI/c1-11-2-4-13(5-3-11)21-14(19)20-8-12-6-7-22(9-12)10-15(16,17)18;/h2-5,12H,6-10H2,1H3,(H3,19,20,21);1H. The molecule has 1 aliphatic heterocycles. The zero-order valence-electron chi connectivity index (χ0n) is 12.9. The van der Waals surface area contributed by atoms with Gasteiger partial charge in [0.2, 0.25) is 0 Å². The van der Waals surface area contributed by atoms with Crippen LogP contribution in [0.2, 0.25) is 0 Å². The molecule has 23 heavy (non-hydrogen) atoms. The van der Waals surface area contributed by atoms with Crippen LogP contribution in [0.5, 0.6) is 0 Å². The van der Waals surface area contributed by atoms with Crippen LogP contribution in [0.3, 0.4) is 0 Å². The molecule has 0 amide bonds. The summed E-state index contributed by atoms with van der Waals surface area (Å²) in [5, 5.41) is 2.98. The number of nitrogens with two attached hydrogens (primary N) is 1. The highest BCUT2D eigenvalue weighted by Gasteiger charge is 2.34. The highest BCUT2D eigenvalue weighted by atomic mass is 127. The van der Waals surface area contributed by atoms with Gasteiger partial charge in [-0.15, -0.1) is 24.0 Å². The molecule has 0 saturated carbocycles. The lowest BCUT2D eigenvalue weighted by Crippen LogP contribution is -2.32. The van der Waals surface area contributed by atoms with Crippen LogP contribution in [0.25, 0.3) is 0 Å². The highest BCUT2D eigenvalue weighted by molar-refractivity contribution is 14.0. The van der Waals surface area contributed by atoms with Crippen LogP contribution < -0.4 is 11.1 Å². The molecule has 1 heterocycles. The second kappa shape index (κ2) is 8.72. The summed E-state index contributed by atoms with van der Waals surface area (Å²) in [5.74, 6) is 0.416. The lowest BCUT2D eigenvalue weighted by Gasteiger charge is -2.17. The summed E-state index contributed by atoms with van der Waals surface area (Å²) < 4.78 is 37.0. The molecule has 1 fully saturated rings. The first-order valence-corrected chi connectivity index (χ1v) is 7.24. The van der Waals surface area contributed by atoms with Gasteiger partial charge in [0.05, 0.1) is 6.54 Å². The van der Waals surface area contributed by atoms with E-state index >= 15 is 0 Å². The Kier molecular flexibility index (Phi) is 7.59. The summed E-state index contributed by atoms with van der Waals surface area (Å²) >= 11 is 0. The van der Waals surface area contributed by atoms with Crippen molar-refractivity contribution in [1.29, 1.82) is 0 Å². The van der Waals surface area contributed by atoms with E-state index in [-0.39, 0.29) is 35.9 Å². The summed E-state index contributed by atoms with van der Waals surface area (Å²) in [4.78, 5) is 5.65.